The molecule has 0 atom stereocenters. The minimum atomic E-state index is -0.230. The third-order valence-corrected chi connectivity index (χ3v) is 9.07. The SMILES string of the molecule is CCC(=O)CC.CCC(=O)COC.CCC(=O)OC.CCC(=O)OCOC.CCC(C)=O.CCOC.CCOC(=O)CC.CCOC(=O)CC.CCOC(C)=O.CCOCC.CCOCOC.CCSC.CCSCC.CCSCOC. The summed E-state index contributed by atoms with van der Waals surface area (Å²) < 4.78 is 54.7. The van der Waals surface area contributed by atoms with Crippen molar-refractivity contribution in [3.8, 4) is 0 Å². The number of methoxy groups -OCH3 is 6. The van der Waals surface area contributed by atoms with Crippen LogP contribution in [0.3, 0.4) is 0 Å². The van der Waals surface area contributed by atoms with E-state index in [0.717, 1.165) is 38.1 Å². The van der Waals surface area contributed by atoms with E-state index < -0.39 is 0 Å². The van der Waals surface area contributed by atoms with E-state index in [2.05, 4.69) is 76.6 Å². The summed E-state index contributed by atoms with van der Waals surface area (Å²) >= 11 is 5.61. The smallest absolute Gasteiger partial charge is 0.307 e. The predicted octanol–water partition coefficient (Wildman–Crippen LogP) is 13.4. The van der Waals surface area contributed by atoms with Gasteiger partial charge in [0.1, 0.15) is 25.0 Å². The lowest BCUT2D eigenvalue weighted by atomic mass is 10.3. The van der Waals surface area contributed by atoms with Gasteiger partial charge in [0.15, 0.2) is 12.6 Å². The summed E-state index contributed by atoms with van der Waals surface area (Å²) in [5, 5.41) is 0. The monoisotopic (exact) mass is 1250 g/mol. The van der Waals surface area contributed by atoms with Crippen LogP contribution in [0.2, 0.25) is 0 Å². The highest BCUT2D eigenvalue weighted by Gasteiger charge is 1.94. The van der Waals surface area contributed by atoms with E-state index in [9.17, 15) is 38.4 Å². The van der Waals surface area contributed by atoms with Crippen LogP contribution < -0.4 is 0 Å². The molecule has 0 bridgehead atoms. The van der Waals surface area contributed by atoms with Gasteiger partial charge in [0.25, 0.3) is 0 Å². The fraction of sp³-hybridized carbons (Fsp3) is 0.864. The Bertz CT molecular complexity index is 1050. The summed E-state index contributed by atoms with van der Waals surface area (Å²) in [6.07, 6.45) is 6.56. The lowest BCUT2D eigenvalue weighted by Crippen LogP contribution is -2.04. The number of esters is 5. The maximum atomic E-state index is 10.3. The van der Waals surface area contributed by atoms with E-state index in [-0.39, 0.29) is 54.8 Å². The molecule has 0 saturated carbocycles. The van der Waals surface area contributed by atoms with Crippen LogP contribution >= 0.6 is 35.3 Å². The molecule has 20 nitrogen and oxygen atoms in total. The Morgan fingerprint density at radius 3 is 0.756 bits per heavy atom. The summed E-state index contributed by atoms with van der Waals surface area (Å²) in [6.45, 7) is 44.7. The van der Waals surface area contributed by atoms with Gasteiger partial charge < -0.3 is 61.6 Å². The third-order valence-electron chi connectivity index (χ3n) is 6.87. The highest BCUT2D eigenvalue weighted by atomic mass is 32.2. The molecule has 0 saturated heterocycles. The summed E-state index contributed by atoms with van der Waals surface area (Å²) in [5.74, 6) is 5.64. The van der Waals surface area contributed by atoms with Gasteiger partial charge in [0.2, 0.25) is 0 Å². The molecule has 0 aromatic heterocycles. The largest absolute Gasteiger partial charge is 0.469 e. The summed E-state index contributed by atoms with van der Waals surface area (Å²) in [7, 11) is 9.38. The van der Waals surface area contributed by atoms with Gasteiger partial charge in [-0.1, -0.05) is 83.1 Å². The molecule has 82 heavy (non-hydrogen) atoms. The summed E-state index contributed by atoms with van der Waals surface area (Å²) in [5.41, 5.74) is 0. The fourth-order valence-electron chi connectivity index (χ4n) is 2.36. The van der Waals surface area contributed by atoms with Gasteiger partial charge in [-0.3, -0.25) is 33.6 Å². The second kappa shape index (κ2) is 133. The molecule has 0 rings (SSSR count). The number of Topliss-reactive ketones (excluding diaryl/α,β-unsaturated/α-hetero) is 3. The number of hydrogen-bond acceptors (Lipinski definition) is 23. The van der Waals surface area contributed by atoms with Crippen LogP contribution in [0.5, 0.6) is 0 Å². The minimum Gasteiger partial charge on any atom is -0.469 e. The maximum Gasteiger partial charge on any atom is 0.307 e. The lowest BCUT2D eigenvalue weighted by Gasteiger charge is -1.97. The molecule has 504 valence electrons. The minimum absolute atomic E-state index is 0.0622. The zero-order valence-electron chi connectivity index (χ0n) is 57.7. The molecule has 0 heterocycles. The normalized spacial score (nSPS) is 8.29. The molecule has 0 spiro atoms. The standard InChI is InChI=1S/C5H10O3.3C5H10O2.C5H10O.C4H10O2.2C4H8O2.C4H10OS.C4H10O.C4H8O.C4H10S.C3H8O.C3H8S/c1-3-5(6)8-4-7-2;1-3-5(6)4-7-2;2*1-3-5(6)7-4-2;1-3-5(6)4-2;1-3-6-4-5-2;1-3-4(5)6-2;1-3-6-4(2)5;1-3-6-4-5-2;1-3-5-4-2;1-3-4(2)5;1-3-5-4-2;2*1-3-4-2/h3-4H2,1-2H3;3*3-4H2,1-2H3;2*3-4H2,1-2H3;2*3H2,1-2H3;3-4H2,1-2H3;3-4H2,1-2H3;3H2,1-2H3;3-4H2,1-2H3;2*3H2,1-2H3. The zero-order valence-corrected chi connectivity index (χ0v) is 60.1. The van der Waals surface area contributed by atoms with Gasteiger partial charge in [-0.2, -0.15) is 23.5 Å². The second-order valence-electron chi connectivity index (χ2n) is 13.6. The van der Waals surface area contributed by atoms with Crippen molar-refractivity contribution < 1.29 is 95.2 Å². The molecule has 0 aromatic rings. The first-order valence-electron chi connectivity index (χ1n) is 28.3. The Morgan fingerprint density at radius 1 is 0.329 bits per heavy atom. The van der Waals surface area contributed by atoms with Crippen molar-refractivity contribution in [2.45, 2.75) is 197 Å². The van der Waals surface area contributed by atoms with Crippen LogP contribution in [0.15, 0.2) is 0 Å². The molecule has 0 aromatic carbocycles. The average Bonchev–Trinajstić information content (AvgIpc) is 3.49. The van der Waals surface area contributed by atoms with Gasteiger partial charge in [-0.05, 0) is 84.7 Å². The molecule has 0 radical (unpaired) electrons. The van der Waals surface area contributed by atoms with Crippen LogP contribution in [-0.2, 0) is 95.2 Å². The van der Waals surface area contributed by atoms with Gasteiger partial charge in [0.05, 0.1) is 32.9 Å². The molecule has 0 aliphatic rings. The van der Waals surface area contributed by atoms with Gasteiger partial charge >= 0.3 is 29.8 Å². The van der Waals surface area contributed by atoms with Crippen molar-refractivity contribution in [1.29, 1.82) is 0 Å². The van der Waals surface area contributed by atoms with Crippen LogP contribution in [0.1, 0.15) is 197 Å². The van der Waals surface area contributed by atoms with Crippen LogP contribution in [0.4, 0.5) is 0 Å². The van der Waals surface area contributed by atoms with Crippen molar-refractivity contribution in [3.05, 3.63) is 0 Å². The summed E-state index contributed by atoms with van der Waals surface area (Å²) in [6, 6.07) is 0. The van der Waals surface area contributed by atoms with Crippen molar-refractivity contribution in [2.24, 2.45) is 0 Å². The fourth-order valence-corrected chi connectivity index (χ4v) is 3.10. The first kappa shape index (κ1) is 114. The van der Waals surface area contributed by atoms with Crippen molar-refractivity contribution >= 4 is 82.5 Å². The number of carbonyl (C=O) groups excluding carboxylic acids is 8. The van der Waals surface area contributed by atoms with E-state index in [0.29, 0.717) is 83.8 Å². The van der Waals surface area contributed by atoms with Gasteiger partial charge in [-0.25, -0.2) is 0 Å². The lowest BCUT2D eigenvalue weighted by molar-refractivity contribution is -0.153. The Balaban J connectivity index is -0.0000000508. The molecule has 0 unspecified atom stereocenters. The third kappa shape index (κ3) is 240. The van der Waals surface area contributed by atoms with E-state index in [4.69, 9.17) is 14.2 Å². The second-order valence-corrected chi connectivity index (χ2v) is 17.5. The molecule has 0 aliphatic heterocycles. The Morgan fingerprint density at radius 2 is 0.671 bits per heavy atom. The quantitative estimate of drug-likeness (QED) is 0.0321. The van der Waals surface area contributed by atoms with Crippen LogP contribution in [-0.4, -0.2) is 192 Å². The first-order chi connectivity index (χ1) is 38.9. The van der Waals surface area contributed by atoms with Crippen molar-refractivity contribution in [2.75, 3.05) is 144 Å². The van der Waals surface area contributed by atoms with Crippen LogP contribution in [0, 0.1) is 0 Å². The number of thioether (sulfide) groups is 3. The number of ketones is 3. The molecule has 0 aliphatic carbocycles. The number of carbonyl (C=O) groups is 8. The molecular formula is C59H130O20S3. The Hall–Kier alpha value is -2.87. The Labute approximate surface area is 516 Å². The molecule has 23 heteroatoms. The average molecular weight is 1260 g/mol. The molecular weight excluding hydrogens is 1120 g/mol. The van der Waals surface area contributed by atoms with Gasteiger partial charge in [0, 0.05) is 120 Å². The van der Waals surface area contributed by atoms with Crippen LogP contribution in [0.25, 0.3) is 0 Å². The van der Waals surface area contributed by atoms with E-state index in [1.807, 2.05) is 78.9 Å². The van der Waals surface area contributed by atoms with E-state index in [1.165, 1.54) is 45.5 Å². The van der Waals surface area contributed by atoms with E-state index in [1.54, 1.807) is 88.5 Å². The number of ether oxygens (including phenoxy) is 12. The number of rotatable bonds is 27. The summed E-state index contributed by atoms with van der Waals surface area (Å²) in [4.78, 5) is 80.7. The Kier molecular flexibility index (Phi) is 185. The van der Waals surface area contributed by atoms with E-state index >= 15 is 0 Å². The predicted molar refractivity (Wildman–Crippen MR) is 346 cm³/mol. The molecule has 0 fully saturated rings. The number of hydrogen-bond donors (Lipinski definition) is 0. The highest BCUT2D eigenvalue weighted by molar-refractivity contribution is 7.99. The topological polar surface area (TPSA) is 247 Å². The van der Waals surface area contributed by atoms with Gasteiger partial charge in [-0.15, -0.1) is 11.8 Å². The van der Waals surface area contributed by atoms with Crippen molar-refractivity contribution in [1.82, 2.24) is 0 Å². The molecule has 0 N–H and O–H groups in total. The molecule has 0 amide bonds. The highest BCUT2D eigenvalue weighted by Crippen LogP contribution is 1.95. The zero-order chi connectivity index (χ0) is 67.5. The maximum absolute atomic E-state index is 10.3. The first-order valence-corrected chi connectivity index (χ1v) is 32.0. The van der Waals surface area contributed by atoms with Crippen molar-refractivity contribution in [3.63, 3.8) is 0 Å².